The highest BCUT2D eigenvalue weighted by Crippen LogP contribution is 2.26. The summed E-state index contributed by atoms with van der Waals surface area (Å²) in [6, 6.07) is 2.39. The fourth-order valence-electron chi connectivity index (χ4n) is 0.929. The molecule has 0 unspecified atom stereocenters. The molecule has 1 aromatic carbocycles. The molecule has 0 amide bonds. The van der Waals surface area contributed by atoms with E-state index < -0.39 is 18.2 Å². The van der Waals surface area contributed by atoms with Crippen LogP contribution in [-0.2, 0) is 11.2 Å². The van der Waals surface area contributed by atoms with E-state index in [2.05, 4.69) is 0 Å². The van der Waals surface area contributed by atoms with Gasteiger partial charge in [0, 0.05) is 5.56 Å². The van der Waals surface area contributed by atoms with Crippen molar-refractivity contribution in [1.82, 2.24) is 0 Å². The van der Waals surface area contributed by atoms with Crippen LogP contribution in [0.5, 0.6) is 0 Å². The Labute approximate surface area is 78.9 Å². The van der Waals surface area contributed by atoms with Crippen molar-refractivity contribution in [3.8, 4) is 0 Å². The summed E-state index contributed by atoms with van der Waals surface area (Å²) in [4.78, 5) is 10.3. The first-order valence-electron chi connectivity index (χ1n) is 3.46. The zero-order chi connectivity index (χ0) is 10.0. The van der Waals surface area contributed by atoms with Crippen molar-refractivity contribution in [2.45, 2.75) is 6.42 Å². The second-order valence-electron chi connectivity index (χ2n) is 2.50. The summed E-state index contributed by atoms with van der Waals surface area (Å²) in [6.07, 6.45) is -0.463. The molecule has 0 bridgehead atoms. The molecule has 1 rings (SSSR count). The van der Waals surface area contributed by atoms with E-state index >= 15 is 0 Å². The van der Waals surface area contributed by atoms with Gasteiger partial charge in [-0.1, -0.05) is 11.6 Å². The third kappa shape index (κ3) is 2.09. The van der Waals surface area contributed by atoms with Crippen LogP contribution in [0, 0.1) is 5.82 Å². The van der Waals surface area contributed by atoms with Crippen LogP contribution in [0.4, 0.5) is 10.1 Å². The lowest BCUT2D eigenvalue weighted by molar-refractivity contribution is -0.136. The molecule has 0 atom stereocenters. The highest BCUT2D eigenvalue weighted by atomic mass is 35.5. The number of nitrogens with two attached hydrogens (primary N) is 1. The third-order valence-electron chi connectivity index (χ3n) is 1.54. The van der Waals surface area contributed by atoms with Crippen LogP contribution < -0.4 is 5.73 Å². The van der Waals surface area contributed by atoms with Gasteiger partial charge in [-0.3, -0.25) is 4.79 Å². The lowest BCUT2D eigenvalue weighted by Crippen LogP contribution is -2.04. The minimum absolute atomic E-state index is 0.0256. The van der Waals surface area contributed by atoms with Gasteiger partial charge in [0.25, 0.3) is 0 Å². The number of rotatable bonds is 2. The van der Waals surface area contributed by atoms with Gasteiger partial charge >= 0.3 is 5.97 Å². The summed E-state index contributed by atoms with van der Waals surface area (Å²) in [6.45, 7) is 0. The fraction of sp³-hybridized carbons (Fsp3) is 0.125. The smallest absolute Gasteiger partial charge is 0.307 e. The molecule has 0 saturated heterocycles. The zero-order valence-corrected chi connectivity index (χ0v) is 7.31. The van der Waals surface area contributed by atoms with Crippen molar-refractivity contribution in [3.63, 3.8) is 0 Å². The number of benzene rings is 1. The standard InChI is InChI=1S/C8H7ClFNO2/c9-8-4(3-7(12)13)5(10)1-2-6(8)11/h1-2H,3,11H2,(H,12,13). The van der Waals surface area contributed by atoms with Gasteiger partial charge < -0.3 is 10.8 Å². The average Bonchev–Trinajstić information content (AvgIpc) is 2.05. The fourth-order valence-corrected chi connectivity index (χ4v) is 1.15. The van der Waals surface area contributed by atoms with Gasteiger partial charge in [0.05, 0.1) is 17.1 Å². The maximum Gasteiger partial charge on any atom is 0.307 e. The van der Waals surface area contributed by atoms with Crippen molar-refractivity contribution in [2.24, 2.45) is 0 Å². The predicted molar refractivity (Wildman–Crippen MR) is 47.2 cm³/mol. The molecule has 5 heteroatoms. The van der Waals surface area contributed by atoms with Crippen molar-refractivity contribution in [3.05, 3.63) is 28.5 Å². The van der Waals surface area contributed by atoms with Crippen molar-refractivity contribution in [1.29, 1.82) is 0 Å². The summed E-state index contributed by atoms with van der Waals surface area (Å²) in [7, 11) is 0. The van der Waals surface area contributed by atoms with Gasteiger partial charge in [-0.2, -0.15) is 0 Å². The van der Waals surface area contributed by atoms with Gasteiger partial charge in [0.2, 0.25) is 0 Å². The topological polar surface area (TPSA) is 63.3 Å². The Morgan fingerprint density at radius 3 is 2.77 bits per heavy atom. The van der Waals surface area contributed by atoms with Crippen LogP contribution in [0.15, 0.2) is 12.1 Å². The first-order chi connectivity index (χ1) is 6.02. The number of carboxylic acids is 1. The van der Waals surface area contributed by atoms with Gasteiger partial charge in [-0.05, 0) is 12.1 Å². The number of aliphatic carboxylic acids is 1. The summed E-state index contributed by atoms with van der Waals surface area (Å²) in [5.41, 5.74) is 5.48. The Bertz CT molecular complexity index is 354. The number of anilines is 1. The molecule has 13 heavy (non-hydrogen) atoms. The second kappa shape index (κ2) is 3.62. The Morgan fingerprint density at radius 1 is 1.62 bits per heavy atom. The molecule has 0 heterocycles. The van der Waals surface area contributed by atoms with Crippen LogP contribution in [0.2, 0.25) is 5.02 Å². The normalized spacial score (nSPS) is 10.0. The highest BCUT2D eigenvalue weighted by molar-refractivity contribution is 6.34. The highest BCUT2D eigenvalue weighted by Gasteiger charge is 2.12. The minimum Gasteiger partial charge on any atom is -0.481 e. The molecule has 0 aliphatic carbocycles. The SMILES string of the molecule is Nc1ccc(F)c(CC(=O)O)c1Cl. The quantitative estimate of drug-likeness (QED) is 0.719. The van der Waals surface area contributed by atoms with E-state index in [-0.39, 0.29) is 16.3 Å². The predicted octanol–water partition coefficient (Wildman–Crippen LogP) is 1.69. The lowest BCUT2D eigenvalue weighted by atomic mass is 10.1. The van der Waals surface area contributed by atoms with Crippen LogP contribution in [0.3, 0.4) is 0 Å². The van der Waals surface area contributed by atoms with Crippen molar-refractivity contribution in [2.75, 3.05) is 5.73 Å². The van der Waals surface area contributed by atoms with E-state index in [1.54, 1.807) is 0 Å². The van der Waals surface area contributed by atoms with Crippen molar-refractivity contribution < 1.29 is 14.3 Å². The zero-order valence-electron chi connectivity index (χ0n) is 6.55. The third-order valence-corrected chi connectivity index (χ3v) is 1.99. The summed E-state index contributed by atoms with van der Waals surface area (Å²) >= 11 is 5.61. The van der Waals surface area contributed by atoms with Crippen LogP contribution >= 0.6 is 11.6 Å². The molecule has 3 nitrogen and oxygen atoms in total. The van der Waals surface area contributed by atoms with E-state index in [1.165, 1.54) is 6.07 Å². The molecule has 0 aliphatic heterocycles. The molecule has 3 N–H and O–H groups in total. The van der Waals surface area contributed by atoms with Gasteiger partial charge in [-0.25, -0.2) is 4.39 Å². The van der Waals surface area contributed by atoms with E-state index in [4.69, 9.17) is 22.4 Å². The molecule has 0 aromatic heterocycles. The molecule has 70 valence electrons. The Hall–Kier alpha value is -1.29. The van der Waals surface area contributed by atoms with E-state index in [0.717, 1.165) is 6.07 Å². The van der Waals surface area contributed by atoms with Gasteiger partial charge in [0.1, 0.15) is 5.82 Å². The molecule has 0 radical (unpaired) electrons. The van der Waals surface area contributed by atoms with Crippen LogP contribution in [0.1, 0.15) is 5.56 Å². The van der Waals surface area contributed by atoms with Crippen LogP contribution in [-0.4, -0.2) is 11.1 Å². The van der Waals surface area contributed by atoms with Crippen LogP contribution in [0.25, 0.3) is 0 Å². The Morgan fingerprint density at radius 2 is 2.23 bits per heavy atom. The molecular formula is C8H7ClFNO2. The maximum atomic E-state index is 13.0. The summed E-state index contributed by atoms with van der Waals surface area (Å²) in [5, 5.41) is 8.42. The molecule has 1 aromatic rings. The first kappa shape index (κ1) is 9.80. The van der Waals surface area contributed by atoms with Crippen molar-refractivity contribution >= 4 is 23.3 Å². The number of carbonyl (C=O) groups is 1. The number of hydrogen-bond donors (Lipinski definition) is 2. The number of carboxylic acid groups (broad SMARTS) is 1. The van der Waals surface area contributed by atoms with Gasteiger partial charge in [-0.15, -0.1) is 0 Å². The number of hydrogen-bond acceptors (Lipinski definition) is 2. The number of halogens is 2. The lowest BCUT2D eigenvalue weighted by Gasteiger charge is -2.05. The first-order valence-corrected chi connectivity index (χ1v) is 3.84. The molecule has 0 spiro atoms. The summed E-state index contributed by atoms with van der Waals surface area (Å²) < 4.78 is 13.0. The monoisotopic (exact) mass is 203 g/mol. The van der Waals surface area contributed by atoms with E-state index in [1.807, 2.05) is 0 Å². The molecule has 0 saturated carbocycles. The molecular weight excluding hydrogens is 197 g/mol. The Kier molecular flexibility index (Phi) is 2.72. The van der Waals surface area contributed by atoms with Gasteiger partial charge in [0.15, 0.2) is 0 Å². The van der Waals surface area contributed by atoms with E-state index in [0.29, 0.717) is 0 Å². The molecule has 0 fully saturated rings. The second-order valence-corrected chi connectivity index (χ2v) is 2.88. The number of nitrogen functional groups attached to an aromatic ring is 1. The molecule has 0 aliphatic rings. The maximum absolute atomic E-state index is 13.0. The average molecular weight is 204 g/mol. The largest absolute Gasteiger partial charge is 0.481 e. The summed E-state index contributed by atoms with van der Waals surface area (Å²) in [5.74, 6) is -1.80. The Balaban J connectivity index is 3.17. The van der Waals surface area contributed by atoms with E-state index in [9.17, 15) is 9.18 Å². The minimum atomic E-state index is -1.15.